The van der Waals surface area contributed by atoms with Crippen molar-refractivity contribution in [3.63, 3.8) is 0 Å². The number of rotatable bonds is 6. The van der Waals surface area contributed by atoms with Crippen LogP contribution >= 0.6 is 0 Å². The molecule has 1 aromatic carbocycles. The van der Waals surface area contributed by atoms with Crippen LogP contribution in [0.1, 0.15) is 18.9 Å². The van der Waals surface area contributed by atoms with Crippen LogP contribution in [-0.4, -0.2) is 42.2 Å². The average Bonchev–Trinajstić information content (AvgIpc) is 2.87. The van der Waals surface area contributed by atoms with Crippen molar-refractivity contribution in [2.24, 2.45) is 11.8 Å². The van der Waals surface area contributed by atoms with Crippen molar-refractivity contribution < 1.29 is 14.6 Å². The van der Waals surface area contributed by atoms with Crippen molar-refractivity contribution in [3.05, 3.63) is 29.8 Å². The first kappa shape index (κ1) is 14.9. The van der Waals surface area contributed by atoms with E-state index in [9.17, 15) is 9.90 Å². The lowest BCUT2D eigenvalue weighted by molar-refractivity contribution is -0.144. The molecule has 4 nitrogen and oxygen atoms in total. The van der Waals surface area contributed by atoms with E-state index in [1.165, 1.54) is 0 Å². The van der Waals surface area contributed by atoms with Crippen molar-refractivity contribution in [1.82, 2.24) is 4.90 Å². The summed E-state index contributed by atoms with van der Waals surface area (Å²) in [5.41, 5.74) is 1.12. The summed E-state index contributed by atoms with van der Waals surface area (Å²) in [6.07, 6.45) is 0.946. The number of ether oxygens (including phenoxy) is 1. The largest absolute Gasteiger partial charge is 0.493 e. The van der Waals surface area contributed by atoms with E-state index in [0.717, 1.165) is 37.4 Å². The summed E-state index contributed by atoms with van der Waals surface area (Å²) >= 11 is 0. The molecule has 0 spiro atoms. The molecule has 0 saturated carbocycles. The second-order valence-corrected chi connectivity index (χ2v) is 5.51. The molecule has 0 aliphatic carbocycles. The summed E-state index contributed by atoms with van der Waals surface area (Å²) < 4.78 is 5.69. The summed E-state index contributed by atoms with van der Waals surface area (Å²) in [7, 11) is 0. The van der Waals surface area contributed by atoms with Gasteiger partial charge in [-0.25, -0.2) is 0 Å². The molecule has 2 unspecified atom stereocenters. The summed E-state index contributed by atoms with van der Waals surface area (Å²) in [4.78, 5) is 13.8. The van der Waals surface area contributed by atoms with Crippen LogP contribution in [0.25, 0.3) is 0 Å². The fourth-order valence-electron chi connectivity index (χ4n) is 2.78. The first-order chi connectivity index (χ1) is 9.60. The van der Waals surface area contributed by atoms with E-state index in [0.29, 0.717) is 0 Å². The van der Waals surface area contributed by atoms with E-state index in [-0.39, 0.29) is 12.5 Å². The molecule has 110 valence electrons. The third kappa shape index (κ3) is 3.73. The molecular weight excluding hydrogens is 254 g/mol. The number of benzene rings is 1. The average molecular weight is 277 g/mol. The molecule has 0 bridgehead atoms. The summed E-state index contributed by atoms with van der Waals surface area (Å²) in [5, 5.41) is 9.43. The topological polar surface area (TPSA) is 49.8 Å². The third-order valence-corrected chi connectivity index (χ3v) is 4.06. The maximum absolute atomic E-state index is 11.5. The van der Waals surface area contributed by atoms with Gasteiger partial charge in [-0.1, -0.05) is 19.1 Å². The van der Waals surface area contributed by atoms with Crippen molar-refractivity contribution >= 4 is 5.97 Å². The highest BCUT2D eigenvalue weighted by atomic mass is 16.5. The Balaban J connectivity index is 1.95. The number of aliphatic carboxylic acids is 1. The standard InChI is InChI=1S/C16H23NO3/c1-3-17-8-7-13(10-17)15(16(18)19)11-20-14-6-4-5-12(2)9-14/h4-6,9,13,15H,3,7-8,10-11H2,1-2H3,(H,18,19). The predicted octanol–water partition coefficient (Wildman–Crippen LogP) is 2.42. The zero-order valence-corrected chi connectivity index (χ0v) is 12.2. The minimum Gasteiger partial charge on any atom is -0.493 e. The van der Waals surface area contributed by atoms with Crippen LogP contribution in [-0.2, 0) is 4.79 Å². The quantitative estimate of drug-likeness (QED) is 0.867. The monoisotopic (exact) mass is 277 g/mol. The SMILES string of the molecule is CCN1CCC(C(COc2cccc(C)c2)C(=O)O)C1. The molecule has 2 atom stereocenters. The maximum atomic E-state index is 11.5. The lowest BCUT2D eigenvalue weighted by atomic mass is 9.92. The Morgan fingerprint density at radius 1 is 1.55 bits per heavy atom. The van der Waals surface area contributed by atoms with E-state index in [1.807, 2.05) is 31.2 Å². The van der Waals surface area contributed by atoms with Crippen LogP contribution < -0.4 is 4.74 Å². The Labute approximate surface area is 120 Å². The fraction of sp³-hybridized carbons (Fsp3) is 0.562. The maximum Gasteiger partial charge on any atom is 0.310 e. The van der Waals surface area contributed by atoms with Gasteiger partial charge in [0.25, 0.3) is 0 Å². The van der Waals surface area contributed by atoms with Gasteiger partial charge in [0.05, 0.1) is 5.92 Å². The lowest BCUT2D eigenvalue weighted by Gasteiger charge is -2.20. The van der Waals surface area contributed by atoms with Gasteiger partial charge in [-0.3, -0.25) is 4.79 Å². The van der Waals surface area contributed by atoms with Gasteiger partial charge < -0.3 is 14.7 Å². The van der Waals surface area contributed by atoms with E-state index in [1.54, 1.807) is 0 Å². The number of aryl methyl sites for hydroxylation is 1. The fourth-order valence-corrected chi connectivity index (χ4v) is 2.78. The first-order valence-electron chi connectivity index (χ1n) is 7.24. The predicted molar refractivity (Wildman–Crippen MR) is 78.0 cm³/mol. The molecule has 20 heavy (non-hydrogen) atoms. The number of nitrogens with zero attached hydrogens (tertiary/aromatic N) is 1. The minimum atomic E-state index is -0.749. The second kappa shape index (κ2) is 6.75. The number of carbonyl (C=O) groups is 1. The molecule has 0 radical (unpaired) electrons. The normalized spacial score (nSPS) is 20.8. The van der Waals surface area contributed by atoms with Gasteiger partial charge in [0, 0.05) is 6.54 Å². The summed E-state index contributed by atoms with van der Waals surface area (Å²) in [5.74, 6) is -0.230. The highest BCUT2D eigenvalue weighted by molar-refractivity contribution is 5.70. The van der Waals surface area contributed by atoms with Gasteiger partial charge in [0.15, 0.2) is 0 Å². The van der Waals surface area contributed by atoms with Gasteiger partial charge in [-0.15, -0.1) is 0 Å². The Hall–Kier alpha value is -1.55. The first-order valence-corrected chi connectivity index (χ1v) is 7.24. The lowest BCUT2D eigenvalue weighted by Crippen LogP contribution is -2.31. The van der Waals surface area contributed by atoms with Crippen molar-refractivity contribution in [1.29, 1.82) is 0 Å². The molecule has 1 N–H and O–H groups in total. The van der Waals surface area contributed by atoms with Crippen LogP contribution in [0.5, 0.6) is 5.75 Å². The summed E-state index contributed by atoms with van der Waals surface area (Å²) in [6, 6.07) is 7.73. The van der Waals surface area contributed by atoms with E-state index in [4.69, 9.17) is 4.74 Å². The molecule has 4 heteroatoms. The molecule has 1 aliphatic heterocycles. The van der Waals surface area contributed by atoms with E-state index >= 15 is 0 Å². The molecule has 1 saturated heterocycles. The van der Waals surface area contributed by atoms with Gasteiger partial charge in [-0.2, -0.15) is 0 Å². The number of likely N-dealkylation sites (tertiary alicyclic amines) is 1. The summed E-state index contributed by atoms with van der Waals surface area (Å²) in [6.45, 7) is 7.21. The van der Waals surface area contributed by atoms with Gasteiger partial charge >= 0.3 is 5.97 Å². The number of hydrogen-bond acceptors (Lipinski definition) is 3. The zero-order chi connectivity index (χ0) is 14.5. The van der Waals surface area contributed by atoms with Gasteiger partial charge in [0.1, 0.15) is 12.4 Å². The minimum absolute atomic E-state index is 0.192. The molecule has 1 fully saturated rings. The van der Waals surface area contributed by atoms with Crippen molar-refractivity contribution in [2.45, 2.75) is 20.3 Å². The second-order valence-electron chi connectivity index (χ2n) is 5.51. The molecule has 1 heterocycles. The highest BCUT2D eigenvalue weighted by Gasteiger charge is 2.33. The molecule has 0 amide bonds. The Morgan fingerprint density at radius 2 is 2.35 bits per heavy atom. The van der Waals surface area contributed by atoms with Crippen LogP contribution in [0.4, 0.5) is 0 Å². The third-order valence-electron chi connectivity index (χ3n) is 4.06. The number of hydrogen-bond donors (Lipinski definition) is 1. The molecule has 1 aliphatic rings. The van der Waals surface area contributed by atoms with Gasteiger partial charge in [-0.05, 0) is 50.0 Å². The molecule has 2 rings (SSSR count). The van der Waals surface area contributed by atoms with Crippen molar-refractivity contribution in [2.75, 3.05) is 26.2 Å². The zero-order valence-electron chi connectivity index (χ0n) is 12.2. The number of carboxylic acids is 1. The van der Waals surface area contributed by atoms with Crippen LogP contribution in [0.3, 0.4) is 0 Å². The van der Waals surface area contributed by atoms with Crippen LogP contribution in [0, 0.1) is 18.8 Å². The molecule has 1 aromatic rings. The smallest absolute Gasteiger partial charge is 0.310 e. The Kier molecular flexibility index (Phi) is 5.01. The van der Waals surface area contributed by atoms with Gasteiger partial charge in [0.2, 0.25) is 0 Å². The number of carboxylic acid groups (broad SMARTS) is 1. The van der Waals surface area contributed by atoms with Crippen LogP contribution in [0.2, 0.25) is 0 Å². The van der Waals surface area contributed by atoms with Crippen molar-refractivity contribution in [3.8, 4) is 5.75 Å². The van der Waals surface area contributed by atoms with E-state index < -0.39 is 11.9 Å². The molecular formula is C16H23NO3. The Bertz CT molecular complexity index is 461. The van der Waals surface area contributed by atoms with Crippen LogP contribution in [0.15, 0.2) is 24.3 Å². The Morgan fingerprint density at radius 3 is 2.95 bits per heavy atom. The van der Waals surface area contributed by atoms with E-state index in [2.05, 4.69) is 11.8 Å². The molecule has 0 aromatic heterocycles. The highest BCUT2D eigenvalue weighted by Crippen LogP contribution is 2.25.